The second-order valence-electron chi connectivity index (χ2n) is 7.27. The lowest BCUT2D eigenvalue weighted by atomic mass is 9.69. The normalized spacial score (nSPS) is 21.1. The summed E-state index contributed by atoms with van der Waals surface area (Å²) in [5, 5.41) is 2.99. The number of nitrogens with one attached hydrogen (secondary N) is 1. The first-order valence-corrected chi connectivity index (χ1v) is 8.79. The molecule has 24 heavy (non-hydrogen) atoms. The summed E-state index contributed by atoms with van der Waals surface area (Å²) in [5.74, 6) is -0.00303. The molecule has 0 spiro atoms. The average molecular weight is 332 g/mol. The third-order valence-electron chi connectivity index (χ3n) is 5.36. The van der Waals surface area contributed by atoms with E-state index >= 15 is 0 Å². The largest absolute Gasteiger partial charge is 0.452 e. The van der Waals surface area contributed by atoms with Gasteiger partial charge in [-0.25, -0.2) is 4.79 Å². The van der Waals surface area contributed by atoms with Crippen LogP contribution in [0.15, 0.2) is 24.5 Å². The van der Waals surface area contributed by atoms with Gasteiger partial charge in [0.05, 0.1) is 5.56 Å². The van der Waals surface area contributed by atoms with Gasteiger partial charge in [-0.2, -0.15) is 0 Å². The number of carbonyl (C=O) groups excluding carboxylic acids is 2. The van der Waals surface area contributed by atoms with Crippen LogP contribution in [0.2, 0.25) is 0 Å². The minimum atomic E-state index is -0.499. The predicted molar refractivity (Wildman–Crippen MR) is 92.5 cm³/mol. The van der Waals surface area contributed by atoms with E-state index in [-0.39, 0.29) is 18.6 Å². The minimum Gasteiger partial charge on any atom is -0.452 e. The number of hydrogen-bond acceptors (Lipinski definition) is 4. The van der Waals surface area contributed by atoms with E-state index in [4.69, 9.17) is 4.74 Å². The molecule has 1 N–H and O–H groups in total. The molecule has 1 aromatic heterocycles. The van der Waals surface area contributed by atoms with Gasteiger partial charge < -0.3 is 10.1 Å². The molecule has 1 heterocycles. The number of ether oxygens (including phenoxy) is 1. The van der Waals surface area contributed by atoms with Crippen molar-refractivity contribution in [2.24, 2.45) is 11.3 Å². The topological polar surface area (TPSA) is 68.3 Å². The van der Waals surface area contributed by atoms with Crippen LogP contribution in [0.3, 0.4) is 0 Å². The summed E-state index contributed by atoms with van der Waals surface area (Å²) in [4.78, 5) is 27.6. The lowest BCUT2D eigenvalue weighted by Crippen LogP contribution is -2.41. The molecule has 1 aliphatic rings. The summed E-state index contributed by atoms with van der Waals surface area (Å²) in [6, 6.07) is 3.33. The van der Waals surface area contributed by atoms with E-state index < -0.39 is 5.97 Å². The van der Waals surface area contributed by atoms with Gasteiger partial charge in [-0.1, -0.05) is 27.2 Å². The van der Waals surface area contributed by atoms with Crippen LogP contribution < -0.4 is 5.32 Å². The van der Waals surface area contributed by atoms with Gasteiger partial charge in [-0.05, 0) is 49.1 Å². The molecule has 2 rings (SSSR count). The Hall–Kier alpha value is -1.91. The SMILES string of the molecule is CCC(C)(C)C1CCC(NC(=O)COC(=O)c2ccncc2)CC1. The van der Waals surface area contributed by atoms with Crippen LogP contribution in [0, 0.1) is 11.3 Å². The molecule has 1 saturated carbocycles. The molecule has 132 valence electrons. The van der Waals surface area contributed by atoms with Gasteiger partial charge in [0.25, 0.3) is 5.91 Å². The van der Waals surface area contributed by atoms with E-state index in [1.165, 1.54) is 18.8 Å². The second kappa shape index (κ2) is 8.27. The molecule has 1 aliphatic carbocycles. The molecule has 0 aliphatic heterocycles. The molecule has 1 fully saturated rings. The molecule has 5 nitrogen and oxygen atoms in total. The van der Waals surface area contributed by atoms with E-state index in [0.29, 0.717) is 11.0 Å². The van der Waals surface area contributed by atoms with Crippen LogP contribution >= 0.6 is 0 Å². The Balaban J connectivity index is 1.71. The summed E-state index contributed by atoms with van der Waals surface area (Å²) < 4.78 is 5.05. The molecule has 0 aromatic carbocycles. The molecule has 0 bridgehead atoms. The smallest absolute Gasteiger partial charge is 0.338 e. The van der Waals surface area contributed by atoms with Crippen molar-refractivity contribution >= 4 is 11.9 Å². The molecule has 0 unspecified atom stereocenters. The fraction of sp³-hybridized carbons (Fsp3) is 0.632. The summed E-state index contributed by atoms with van der Waals surface area (Å²) in [7, 11) is 0. The first-order chi connectivity index (χ1) is 11.4. The zero-order valence-corrected chi connectivity index (χ0v) is 14.9. The van der Waals surface area contributed by atoms with E-state index in [1.807, 2.05) is 0 Å². The predicted octanol–water partition coefficient (Wildman–Crippen LogP) is 3.35. The molecule has 1 aromatic rings. The summed E-state index contributed by atoms with van der Waals surface area (Å²) >= 11 is 0. The van der Waals surface area contributed by atoms with Crippen molar-refractivity contribution in [3.63, 3.8) is 0 Å². The van der Waals surface area contributed by atoms with Crippen molar-refractivity contribution in [3.05, 3.63) is 30.1 Å². The highest BCUT2D eigenvalue weighted by atomic mass is 16.5. The highest BCUT2D eigenvalue weighted by molar-refractivity contribution is 5.91. The van der Waals surface area contributed by atoms with Gasteiger partial charge in [0.15, 0.2) is 6.61 Å². The Morgan fingerprint density at radius 1 is 1.21 bits per heavy atom. The van der Waals surface area contributed by atoms with Crippen LogP contribution in [-0.4, -0.2) is 29.5 Å². The molecular weight excluding hydrogens is 304 g/mol. The summed E-state index contributed by atoms with van der Waals surface area (Å²) in [6.07, 6.45) is 8.50. The molecule has 0 radical (unpaired) electrons. The van der Waals surface area contributed by atoms with E-state index in [2.05, 4.69) is 31.1 Å². The highest BCUT2D eigenvalue weighted by Gasteiger charge is 2.32. The van der Waals surface area contributed by atoms with Crippen molar-refractivity contribution in [1.29, 1.82) is 0 Å². The second-order valence-corrected chi connectivity index (χ2v) is 7.27. The molecule has 5 heteroatoms. The minimum absolute atomic E-state index is 0.195. The average Bonchev–Trinajstić information content (AvgIpc) is 2.61. The van der Waals surface area contributed by atoms with Crippen molar-refractivity contribution in [2.75, 3.05) is 6.61 Å². The van der Waals surface area contributed by atoms with E-state index in [0.717, 1.165) is 31.6 Å². The van der Waals surface area contributed by atoms with Crippen LogP contribution in [0.5, 0.6) is 0 Å². The quantitative estimate of drug-likeness (QED) is 0.811. The van der Waals surface area contributed by atoms with Gasteiger partial charge in [-0.15, -0.1) is 0 Å². The highest BCUT2D eigenvalue weighted by Crippen LogP contribution is 2.40. The third-order valence-corrected chi connectivity index (χ3v) is 5.36. The Kier molecular flexibility index (Phi) is 6.35. The lowest BCUT2D eigenvalue weighted by Gasteiger charge is -2.39. The molecule has 1 amide bonds. The van der Waals surface area contributed by atoms with Gasteiger partial charge >= 0.3 is 5.97 Å². The van der Waals surface area contributed by atoms with Gasteiger partial charge in [-0.3, -0.25) is 9.78 Å². The monoisotopic (exact) mass is 332 g/mol. The maximum atomic E-state index is 12.0. The standard InChI is InChI=1S/C19H28N2O3/c1-4-19(2,3)15-5-7-16(8-6-15)21-17(22)13-24-18(23)14-9-11-20-12-10-14/h9-12,15-16H,4-8,13H2,1-3H3,(H,21,22). The Morgan fingerprint density at radius 3 is 2.42 bits per heavy atom. The van der Waals surface area contributed by atoms with Crippen LogP contribution in [-0.2, 0) is 9.53 Å². The first kappa shape index (κ1) is 18.4. The maximum absolute atomic E-state index is 12.0. The number of carbonyl (C=O) groups is 2. The van der Waals surface area contributed by atoms with E-state index in [1.54, 1.807) is 12.1 Å². The molecule has 0 atom stereocenters. The lowest BCUT2D eigenvalue weighted by molar-refractivity contribution is -0.125. The third kappa shape index (κ3) is 5.05. The number of esters is 1. The zero-order valence-electron chi connectivity index (χ0n) is 14.9. The zero-order chi connectivity index (χ0) is 17.6. The van der Waals surface area contributed by atoms with Gasteiger partial charge in [0.1, 0.15) is 0 Å². The van der Waals surface area contributed by atoms with Gasteiger partial charge in [0, 0.05) is 18.4 Å². The first-order valence-electron chi connectivity index (χ1n) is 8.79. The van der Waals surface area contributed by atoms with Crippen molar-refractivity contribution < 1.29 is 14.3 Å². The number of pyridine rings is 1. The Labute approximate surface area is 144 Å². The number of amides is 1. The Bertz CT molecular complexity index is 549. The van der Waals surface area contributed by atoms with E-state index in [9.17, 15) is 9.59 Å². The van der Waals surface area contributed by atoms with Crippen molar-refractivity contribution in [1.82, 2.24) is 10.3 Å². The number of rotatable bonds is 6. The van der Waals surface area contributed by atoms with Crippen LogP contribution in [0.1, 0.15) is 63.2 Å². The molecule has 0 saturated heterocycles. The fourth-order valence-electron chi connectivity index (χ4n) is 3.28. The van der Waals surface area contributed by atoms with Crippen LogP contribution in [0.25, 0.3) is 0 Å². The maximum Gasteiger partial charge on any atom is 0.338 e. The molecular formula is C19H28N2O3. The summed E-state index contributed by atoms with van der Waals surface area (Å²) in [5.41, 5.74) is 0.773. The number of hydrogen-bond donors (Lipinski definition) is 1. The van der Waals surface area contributed by atoms with Crippen molar-refractivity contribution in [3.8, 4) is 0 Å². The Morgan fingerprint density at radius 2 is 1.83 bits per heavy atom. The van der Waals surface area contributed by atoms with Gasteiger partial charge in [0.2, 0.25) is 0 Å². The summed E-state index contributed by atoms with van der Waals surface area (Å²) in [6.45, 7) is 6.66. The van der Waals surface area contributed by atoms with Crippen LogP contribution in [0.4, 0.5) is 0 Å². The fourth-order valence-corrected chi connectivity index (χ4v) is 3.28. The number of nitrogens with zero attached hydrogens (tertiary/aromatic N) is 1. The van der Waals surface area contributed by atoms with Crippen molar-refractivity contribution in [2.45, 2.75) is 58.9 Å². The number of aromatic nitrogens is 1.